The summed E-state index contributed by atoms with van der Waals surface area (Å²) in [6, 6.07) is 4.64. The zero-order valence-corrected chi connectivity index (χ0v) is 12.4. The number of ether oxygens (including phenoxy) is 1. The smallest absolute Gasteiger partial charge is 0.164 e. The van der Waals surface area contributed by atoms with Crippen molar-refractivity contribution in [3.05, 3.63) is 41.7 Å². The van der Waals surface area contributed by atoms with E-state index < -0.39 is 0 Å². The van der Waals surface area contributed by atoms with E-state index in [1.54, 1.807) is 6.07 Å². The fourth-order valence-electron chi connectivity index (χ4n) is 2.06. The summed E-state index contributed by atoms with van der Waals surface area (Å²) in [5.41, 5.74) is 6.32. The molecule has 0 radical (unpaired) electrons. The van der Waals surface area contributed by atoms with E-state index in [-0.39, 0.29) is 12.4 Å². The van der Waals surface area contributed by atoms with Crippen LogP contribution in [0.25, 0.3) is 0 Å². The van der Waals surface area contributed by atoms with Crippen molar-refractivity contribution in [1.82, 2.24) is 14.8 Å². The number of rotatable bonds is 7. The lowest BCUT2D eigenvalue weighted by atomic mass is 10.1. The molecule has 0 unspecified atom stereocenters. The minimum absolute atomic E-state index is 0.262. The summed E-state index contributed by atoms with van der Waals surface area (Å²) < 4.78 is 21.0. The maximum absolute atomic E-state index is 13.5. The Morgan fingerprint density at radius 2 is 2.14 bits per heavy atom. The lowest BCUT2D eigenvalue weighted by Gasteiger charge is -2.10. The van der Waals surface area contributed by atoms with Gasteiger partial charge in [0.2, 0.25) is 0 Å². The van der Waals surface area contributed by atoms with Crippen LogP contribution in [0.15, 0.2) is 24.5 Å². The lowest BCUT2D eigenvalue weighted by molar-refractivity contribution is 0.281. The molecule has 6 heteroatoms. The van der Waals surface area contributed by atoms with Crippen LogP contribution in [0.4, 0.5) is 4.39 Å². The lowest BCUT2D eigenvalue weighted by Crippen LogP contribution is -2.12. The highest BCUT2D eigenvalue weighted by Crippen LogP contribution is 2.18. The molecule has 0 spiro atoms. The van der Waals surface area contributed by atoms with E-state index in [0.717, 1.165) is 17.9 Å². The normalized spacial score (nSPS) is 11.1. The Morgan fingerprint density at radius 1 is 1.33 bits per heavy atom. The van der Waals surface area contributed by atoms with Crippen LogP contribution in [0.5, 0.6) is 5.75 Å². The minimum atomic E-state index is -0.320. The van der Waals surface area contributed by atoms with Gasteiger partial charge in [-0.3, -0.25) is 0 Å². The molecular formula is C15H21FN4O. The number of benzene rings is 1. The maximum Gasteiger partial charge on any atom is 0.164 e. The van der Waals surface area contributed by atoms with E-state index in [9.17, 15) is 4.39 Å². The number of halogens is 1. The Morgan fingerprint density at radius 3 is 2.86 bits per heavy atom. The van der Waals surface area contributed by atoms with Crippen molar-refractivity contribution in [2.45, 2.75) is 33.4 Å². The molecular weight excluding hydrogens is 271 g/mol. The fraction of sp³-hybridized carbons (Fsp3) is 0.467. The molecule has 0 aliphatic heterocycles. The van der Waals surface area contributed by atoms with Gasteiger partial charge >= 0.3 is 0 Å². The average molecular weight is 292 g/mol. The zero-order valence-electron chi connectivity index (χ0n) is 12.4. The molecule has 0 atom stereocenters. The van der Waals surface area contributed by atoms with Crippen LogP contribution in [-0.4, -0.2) is 21.3 Å². The van der Waals surface area contributed by atoms with Gasteiger partial charge in [0, 0.05) is 12.6 Å². The summed E-state index contributed by atoms with van der Waals surface area (Å²) in [5, 5.41) is 4.17. The monoisotopic (exact) mass is 292 g/mol. The summed E-state index contributed by atoms with van der Waals surface area (Å²) in [7, 11) is 0. The summed E-state index contributed by atoms with van der Waals surface area (Å²) in [5.74, 6) is 1.36. The van der Waals surface area contributed by atoms with Crippen molar-refractivity contribution in [2.75, 3.05) is 6.54 Å². The predicted molar refractivity (Wildman–Crippen MR) is 78.4 cm³/mol. The summed E-state index contributed by atoms with van der Waals surface area (Å²) in [4.78, 5) is 4.18. The van der Waals surface area contributed by atoms with E-state index >= 15 is 0 Å². The number of hydrogen-bond donors (Lipinski definition) is 1. The Labute approximate surface area is 123 Å². The SMILES string of the molecule is CC(C)Cn1ncnc1COc1cc(F)cc(CCN)c1. The zero-order chi connectivity index (χ0) is 15.2. The topological polar surface area (TPSA) is 66.0 Å². The minimum Gasteiger partial charge on any atom is -0.486 e. The molecule has 0 aliphatic rings. The van der Waals surface area contributed by atoms with E-state index in [4.69, 9.17) is 10.5 Å². The van der Waals surface area contributed by atoms with Gasteiger partial charge in [0.15, 0.2) is 5.82 Å². The molecule has 0 fully saturated rings. The van der Waals surface area contributed by atoms with Crippen molar-refractivity contribution in [2.24, 2.45) is 11.7 Å². The van der Waals surface area contributed by atoms with E-state index in [2.05, 4.69) is 23.9 Å². The van der Waals surface area contributed by atoms with Gasteiger partial charge in [0.1, 0.15) is 24.5 Å². The highest BCUT2D eigenvalue weighted by molar-refractivity contribution is 5.29. The van der Waals surface area contributed by atoms with Gasteiger partial charge in [0.25, 0.3) is 0 Å². The number of aromatic nitrogens is 3. The van der Waals surface area contributed by atoms with Crippen LogP contribution >= 0.6 is 0 Å². The molecule has 21 heavy (non-hydrogen) atoms. The summed E-state index contributed by atoms with van der Waals surface area (Å²) >= 11 is 0. The second-order valence-corrected chi connectivity index (χ2v) is 5.37. The predicted octanol–water partition coefficient (Wildman–Crippen LogP) is 2.15. The molecule has 0 saturated heterocycles. The summed E-state index contributed by atoms with van der Waals surface area (Å²) in [6.45, 7) is 5.74. The molecule has 0 saturated carbocycles. The first kappa shape index (κ1) is 15.4. The van der Waals surface area contributed by atoms with Gasteiger partial charge < -0.3 is 10.5 Å². The van der Waals surface area contributed by atoms with Gasteiger partial charge in [0.05, 0.1) is 0 Å². The quantitative estimate of drug-likeness (QED) is 0.849. The van der Waals surface area contributed by atoms with Crippen molar-refractivity contribution in [3.8, 4) is 5.75 Å². The fourth-order valence-corrected chi connectivity index (χ4v) is 2.06. The molecule has 114 valence electrons. The molecule has 0 amide bonds. The molecule has 5 nitrogen and oxygen atoms in total. The highest BCUT2D eigenvalue weighted by atomic mass is 19.1. The van der Waals surface area contributed by atoms with Crippen LogP contribution in [0.1, 0.15) is 25.2 Å². The maximum atomic E-state index is 13.5. The van der Waals surface area contributed by atoms with Crippen LogP contribution < -0.4 is 10.5 Å². The highest BCUT2D eigenvalue weighted by Gasteiger charge is 2.08. The Balaban J connectivity index is 2.04. The number of nitrogens with zero attached hydrogens (tertiary/aromatic N) is 3. The molecule has 0 bridgehead atoms. The van der Waals surface area contributed by atoms with E-state index in [1.807, 2.05) is 4.68 Å². The first-order chi connectivity index (χ1) is 10.1. The number of hydrogen-bond acceptors (Lipinski definition) is 4. The standard InChI is InChI=1S/C15H21FN4O/c1-11(2)8-20-15(18-10-19-20)9-21-14-6-12(3-4-17)5-13(16)7-14/h5-7,10-11H,3-4,8-9,17H2,1-2H3. The second kappa shape index (κ2) is 7.17. The molecule has 0 aliphatic carbocycles. The first-order valence-corrected chi connectivity index (χ1v) is 7.07. The Hall–Kier alpha value is -1.95. The van der Waals surface area contributed by atoms with Crippen molar-refractivity contribution in [3.63, 3.8) is 0 Å². The molecule has 2 aromatic rings. The van der Waals surface area contributed by atoms with E-state index in [0.29, 0.717) is 24.6 Å². The number of nitrogens with two attached hydrogens (primary N) is 1. The Kier molecular flexibility index (Phi) is 5.27. The van der Waals surface area contributed by atoms with Crippen LogP contribution in [-0.2, 0) is 19.6 Å². The largest absolute Gasteiger partial charge is 0.486 e. The third-order valence-electron chi connectivity index (χ3n) is 2.97. The Bertz CT molecular complexity index is 583. The van der Waals surface area contributed by atoms with Crippen molar-refractivity contribution in [1.29, 1.82) is 0 Å². The summed E-state index contributed by atoms with van der Waals surface area (Å²) in [6.07, 6.45) is 2.13. The van der Waals surface area contributed by atoms with Crippen molar-refractivity contribution >= 4 is 0 Å². The molecule has 1 heterocycles. The van der Waals surface area contributed by atoms with Gasteiger partial charge in [-0.05, 0) is 36.6 Å². The molecule has 2 N–H and O–H groups in total. The van der Waals surface area contributed by atoms with E-state index in [1.165, 1.54) is 18.5 Å². The molecule has 1 aromatic carbocycles. The molecule has 1 aromatic heterocycles. The van der Waals surface area contributed by atoms with Crippen LogP contribution in [0, 0.1) is 11.7 Å². The van der Waals surface area contributed by atoms with Gasteiger partial charge in [-0.15, -0.1) is 0 Å². The van der Waals surface area contributed by atoms with Gasteiger partial charge in [-0.1, -0.05) is 13.8 Å². The van der Waals surface area contributed by atoms with Crippen LogP contribution in [0.2, 0.25) is 0 Å². The third kappa shape index (κ3) is 4.53. The third-order valence-corrected chi connectivity index (χ3v) is 2.97. The average Bonchev–Trinajstić information content (AvgIpc) is 2.82. The second-order valence-electron chi connectivity index (χ2n) is 5.37. The van der Waals surface area contributed by atoms with Crippen LogP contribution in [0.3, 0.4) is 0 Å². The van der Waals surface area contributed by atoms with Gasteiger partial charge in [-0.25, -0.2) is 14.1 Å². The van der Waals surface area contributed by atoms with Crippen molar-refractivity contribution < 1.29 is 9.13 Å². The van der Waals surface area contributed by atoms with Gasteiger partial charge in [-0.2, -0.15) is 5.10 Å². The molecule has 2 rings (SSSR count). The first-order valence-electron chi connectivity index (χ1n) is 7.07.